The Morgan fingerprint density at radius 2 is 1.82 bits per heavy atom. The van der Waals surface area contributed by atoms with Gasteiger partial charge in [-0.2, -0.15) is 0 Å². The largest absolute Gasteiger partial charge is 0.454 e. The van der Waals surface area contributed by atoms with Gasteiger partial charge in [0.1, 0.15) is 0 Å². The molecule has 1 atom stereocenters. The molecule has 8 heteroatoms. The van der Waals surface area contributed by atoms with Crippen LogP contribution in [0.5, 0.6) is 11.5 Å². The van der Waals surface area contributed by atoms with E-state index in [1.54, 1.807) is 0 Å². The topological polar surface area (TPSA) is 67.4 Å². The van der Waals surface area contributed by atoms with Gasteiger partial charge in [0.25, 0.3) is 0 Å². The van der Waals surface area contributed by atoms with Crippen LogP contribution in [0.1, 0.15) is 36.9 Å². The first kappa shape index (κ1) is 25.6. The maximum absolute atomic E-state index is 5.68. The molecule has 2 heterocycles. The molecule has 4 rings (SSSR count). The Morgan fingerprint density at radius 1 is 1.09 bits per heavy atom. The molecule has 1 fully saturated rings. The predicted octanol–water partition coefficient (Wildman–Crippen LogP) is 3.94. The van der Waals surface area contributed by atoms with E-state index in [4.69, 9.17) is 14.2 Å². The number of ether oxygens (including phenoxy) is 3. The highest BCUT2D eigenvalue weighted by atomic mass is 127. The summed E-state index contributed by atoms with van der Waals surface area (Å²) in [5, 5.41) is 7.51. The molecule has 0 amide bonds. The molecule has 0 radical (unpaired) electrons. The molecule has 0 aliphatic carbocycles. The highest BCUT2D eigenvalue weighted by molar-refractivity contribution is 14.0. The summed E-state index contributed by atoms with van der Waals surface area (Å²) < 4.78 is 16.6. The lowest BCUT2D eigenvalue weighted by atomic mass is 9.88. The summed E-state index contributed by atoms with van der Waals surface area (Å²) in [5.41, 5.74) is 2.39. The van der Waals surface area contributed by atoms with Gasteiger partial charge >= 0.3 is 0 Å². The minimum absolute atomic E-state index is 0. The first-order chi connectivity index (χ1) is 15.6. The molecule has 7 nitrogen and oxygen atoms in total. The van der Waals surface area contributed by atoms with Crippen LogP contribution in [0.25, 0.3) is 0 Å². The van der Waals surface area contributed by atoms with E-state index in [0.717, 1.165) is 62.2 Å². The fourth-order valence-corrected chi connectivity index (χ4v) is 4.44. The maximum Gasteiger partial charge on any atom is 0.231 e. The number of rotatable bonds is 7. The quantitative estimate of drug-likeness (QED) is 0.301. The number of hydrogen-bond donors (Lipinski definition) is 2. The molecule has 2 aromatic rings. The van der Waals surface area contributed by atoms with Gasteiger partial charge < -0.3 is 29.7 Å². The van der Waals surface area contributed by atoms with Crippen molar-refractivity contribution in [2.45, 2.75) is 37.9 Å². The molecule has 180 valence electrons. The Bertz CT molecular complexity index is 919. The van der Waals surface area contributed by atoms with E-state index >= 15 is 0 Å². The van der Waals surface area contributed by atoms with Gasteiger partial charge in [0.15, 0.2) is 17.5 Å². The van der Waals surface area contributed by atoms with Crippen LogP contribution in [-0.4, -0.2) is 57.0 Å². The van der Waals surface area contributed by atoms with Crippen LogP contribution in [0.2, 0.25) is 0 Å². The number of nitrogens with zero attached hydrogens (tertiary/aromatic N) is 2. The minimum Gasteiger partial charge on any atom is -0.454 e. The van der Waals surface area contributed by atoms with Crippen LogP contribution in [0.15, 0.2) is 53.5 Å². The SMILES string of the molecule is CN=C(NCC1(NC(C)c2ccccc2)CCOCC1)N(C)Cc1ccc2c(c1)OCO2.I. The van der Waals surface area contributed by atoms with Crippen LogP contribution in [0.4, 0.5) is 0 Å². The van der Waals surface area contributed by atoms with Crippen molar-refractivity contribution in [1.29, 1.82) is 0 Å². The third-order valence-electron chi connectivity index (χ3n) is 6.29. The fourth-order valence-electron chi connectivity index (χ4n) is 4.44. The molecule has 2 N–H and O–H groups in total. The van der Waals surface area contributed by atoms with Crippen molar-refractivity contribution in [3.63, 3.8) is 0 Å². The summed E-state index contributed by atoms with van der Waals surface area (Å²) in [5.74, 6) is 2.47. The van der Waals surface area contributed by atoms with Crippen molar-refractivity contribution in [2.75, 3.05) is 40.6 Å². The highest BCUT2D eigenvalue weighted by Crippen LogP contribution is 2.32. The third-order valence-corrected chi connectivity index (χ3v) is 6.29. The van der Waals surface area contributed by atoms with E-state index in [0.29, 0.717) is 0 Å². The van der Waals surface area contributed by atoms with Crippen LogP contribution < -0.4 is 20.1 Å². The van der Waals surface area contributed by atoms with E-state index in [-0.39, 0.29) is 42.4 Å². The number of hydrogen-bond acceptors (Lipinski definition) is 5. The van der Waals surface area contributed by atoms with Gasteiger partial charge in [0.2, 0.25) is 6.79 Å². The van der Waals surface area contributed by atoms with E-state index in [1.165, 1.54) is 5.56 Å². The van der Waals surface area contributed by atoms with E-state index in [1.807, 2.05) is 19.2 Å². The number of aliphatic imine (C=N–C) groups is 1. The third kappa shape index (κ3) is 6.51. The van der Waals surface area contributed by atoms with Gasteiger partial charge in [0.05, 0.1) is 0 Å². The van der Waals surface area contributed by atoms with E-state index in [9.17, 15) is 0 Å². The number of fused-ring (bicyclic) bond motifs is 1. The zero-order valence-corrected chi connectivity index (χ0v) is 22.0. The Labute approximate surface area is 213 Å². The molecule has 0 bridgehead atoms. The van der Waals surface area contributed by atoms with Gasteiger partial charge in [-0.25, -0.2) is 0 Å². The summed E-state index contributed by atoms with van der Waals surface area (Å²) in [6.07, 6.45) is 1.92. The van der Waals surface area contributed by atoms with Gasteiger partial charge in [-0.05, 0) is 43.0 Å². The number of halogens is 1. The lowest BCUT2D eigenvalue weighted by Crippen LogP contribution is -2.58. The second-order valence-electron chi connectivity index (χ2n) is 8.61. The minimum atomic E-state index is -0.0525. The van der Waals surface area contributed by atoms with Gasteiger partial charge in [0, 0.05) is 52.0 Å². The molecule has 2 aliphatic rings. The summed E-state index contributed by atoms with van der Waals surface area (Å²) >= 11 is 0. The molecule has 2 aliphatic heterocycles. The normalized spacial score (nSPS) is 17.7. The Balaban J connectivity index is 0.00000306. The number of benzene rings is 2. The van der Waals surface area contributed by atoms with Crippen LogP contribution >= 0.6 is 24.0 Å². The van der Waals surface area contributed by atoms with Crippen LogP contribution in [0.3, 0.4) is 0 Å². The lowest BCUT2D eigenvalue weighted by molar-refractivity contribution is 0.0353. The first-order valence-corrected chi connectivity index (χ1v) is 11.3. The highest BCUT2D eigenvalue weighted by Gasteiger charge is 2.34. The van der Waals surface area contributed by atoms with Crippen molar-refractivity contribution in [3.8, 4) is 11.5 Å². The van der Waals surface area contributed by atoms with Gasteiger partial charge in [-0.3, -0.25) is 4.99 Å². The van der Waals surface area contributed by atoms with E-state index < -0.39 is 0 Å². The van der Waals surface area contributed by atoms with Crippen molar-refractivity contribution < 1.29 is 14.2 Å². The molecule has 0 spiro atoms. The smallest absolute Gasteiger partial charge is 0.231 e. The van der Waals surface area contributed by atoms with Crippen LogP contribution in [0, 0.1) is 0 Å². The summed E-state index contributed by atoms with van der Waals surface area (Å²) in [4.78, 5) is 6.66. The standard InChI is InChI=1S/C25H34N4O3.HI/c1-19(21-7-5-4-6-8-21)28-25(11-13-30-14-12-25)17-27-24(26-2)29(3)16-20-9-10-22-23(15-20)32-18-31-22;/h4-10,15,19,28H,11-14,16-18H2,1-3H3,(H,26,27);1H. The zero-order chi connectivity index (χ0) is 22.4. The second-order valence-corrected chi connectivity index (χ2v) is 8.61. The van der Waals surface area contributed by atoms with Crippen LogP contribution in [-0.2, 0) is 11.3 Å². The molecule has 2 aromatic carbocycles. The molecular weight excluding hydrogens is 531 g/mol. The van der Waals surface area contributed by atoms with E-state index in [2.05, 4.69) is 70.9 Å². The summed E-state index contributed by atoms with van der Waals surface area (Å²) in [6, 6.07) is 16.9. The zero-order valence-electron chi connectivity index (χ0n) is 19.7. The summed E-state index contributed by atoms with van der Waals surface area (Å²) in [7, 11) is 3.88. The summed E-state index contributed by atoms with van der Waals surface area (Å²) in [6.45, 7) is 5.56. The average Bonchev–Trinajstić information content (AvgIpc) is 3.28. The predicted molar refractivity (Wildman–Crippen MR) is 142 cm³/mol. The molecule has 1 unspecified atom stereocenters. The molecular formula is C25H35IN4O3. The average molecular weight is 566 g/mol. The lowest BCUT2D eigenvalue weighted by Gasteiger charge is -2.41. The Kier molecular flexibility index (Phi) is 9.22. The number of guanidine groups is 1. The Hall–Kier alpha value is -2.04. The fraction of sp³-hybridized carbons (Fsp3) is 0.480. The maximum atomic E-state index is 5.68. The molecule has 1 saturated heterocycles. The number of nitrogens with one attached hydrogen (secondary N) is 2. The second kappa shape index (κ2) is 11.9. The molecule has 0 saturated carbocycles. The Morgan fingerprint density at radius 3 is 2.55 bits per heavy atom. The molecule has 0 aromatic heterocycles. The monoisotopic (exact) mass is 566 g/mol. The van der Waals surface area contributed by atoms with Crippen molar-refractivity contribution in [3.05, 3.63) is 59.7 Å². The van der Waals surface area contributed by atoms with Crippen molar-refractivity contribution >= 4 is 29.9 Å². The van der Waals surface area contributed by atoms with Gasteiger partial charge in [-0.1, -0.05) is 36.4 Å². The van der Waals surface area contributed by atoms with Crippen molar-refractivity contribution in [1.82, 2.24) is 15.5 Å². The molecule has 33 heavy (non-hydrogen) atoms. The van der Waals surface area contributed by atoms with Crippen molar-refractivity contribution in [2.24, 2.45) is 4.99 Å². The first-order valence-electron chi connectivity index (χ1n) is 11.3. The van der Waals surface area contributed by atoms with Gasteiger partial charge in [-0.15, -0.1) is 24.0 Å².